The molecule has 1 saturated heterocycles. The van der Waals surface area contributed by atoms with E-state index in [9.17, 15) is 0 Å². The highest BCUT2D eigenvalue weighted by molar-refractivity contribution is 4.76. The van der Waals surface area contributed by atoms with Crippen LogP contribution in [-0.2, 0) is 0 Å². The van der Waals surface area contributed by atoms with E-state index in [0.29, 0.717) is 12.1 Å². The molecule has 0 aromatic heterocycles. The number of rotatable bonds is 3. The van der Waals surface area contributed by atoms with E-state index >= 15 is 0 Å². The summed E-state index contributed by atoms with van der Waals surface area (Å²) in [6, 6.07) is 1.39. The van der Waals surface area contributed by atoms with Crippen molar-refractivity contribution in [2.24, 2.45) is 5.92 Å². The van der Waals surface area contributed by atoms with Crippen LogP contribution >= 0.6 is 0 Å². The molecular formula is C15H30N2. The highest BCUT2D eigenvalue weighted by Crippen LogP contribution is 2.27. The van der Waals surface area contributed by atoms with E-state index in [2.05, 4.69) is 24.1 Å². The largest absolute Gasteiger partial charge is 0.312 e. The molecule has 2 nitrogen and oxygen atoms in total. The molecule has 2 heteroatoms. The molecule has 0 aromatic rings. The van der Waals surface area contributed by atoms with Crippen molar-refractivity contribution in [1.29, 1.82) is 0 Å². The molecule has 2 aliphatic rings. The maximum absolute atomic E-state index is 3.67. The van der Waals surface area contributed by atoms with Gasteiger partial charge in [-0.2, -0.15) is 0 Å². The van der Waals surface area contributed by atoms with Gasteiger partial charge >= 0.3 is 0 Å². The quantitative estimate of drug-likeness (QED) is 0.813. The number of hydrogen-bond donors (Lipinski definition) is 1. The van der Waals surface area contributed by atoms with Crippen molar-refractivity contribution in [2.45, 2.75) is 70.9 Å². The fourth-order valence-corrected chi connectivity index (χ4v) is 3.40. The van der Waals surface area contributed by atoms with E-state index in [0.717, 1.165) is 5.92 Å². The van der Waals surface area contributed by atoms with Crippen molar-refractivity contribution in [3.8, 4) is 0 Å². The Morgan fingerprint density at radius 3 is 2.12 bits per heavy atom. The van der Waals surface area contributed by atoms with Gasteiger partial charge in [0, 0.05) is 12.1 Å². The molecule has 0 bridgehead atoms. The van der Waals surface area contributed by atoms with Gasteiger partial charge in [-0.3, -0.25) is 0 Å². The molecular weight excluding hydrogens is 208 g/mol. The number of nitrogens with zero attached hydrogens (tertiary/aromatic N) is 1. The van der Waals surface area contributed by atoms with Gasteiger partial charge in [0.2, 0.25) is 0 Å². The lowest BCUT2D eigenvalue weighted by atomic mass is 10.0. The van der Waals surface area contributed by atoms with Crippen molar-refractivity contribution >= 4 is 0 Å². The Morgan fingerprint density at radius 2 is 1.53 bits per heavy atom. The standard InChI is InChI=1S/C15H30N2/c1-13-7-10-17(11-8-14(2)16-13)12-9-15-5-3-4-6-15/h13-16H,3-12H2,1-2H3. The van der Waals surface area contributed by atoms with E-state index in [-0.39, 0.29) is 0 Å². The van der Waals surface area contributed by atoms with Gasteiger partial charge < -0.3 is 10.2 Å². The zero-order chi connectivity index (χ0) is 12.1. The maximum Gasteiger partial charge on any atom is 0.00533 e. The monoisotopic (exact) mass is 238 g/mol. The summed E-state index contributed by atoms with van der Waals surface area (Å²) >= 11 is 0. The van der Waals surface area contributed by atoms with Crippen LogP contribution in [-0.4, -0.2) is 36.6 Å². The van der Waals surface area contributed by atoms with Crippen LogP contribution < -0.4 is 5.32 Å². The first-order chi connectivity index (χ1) is 8.24. The van der Waals surface area contributed by atoms with Crippen LogP contribution in [0, 0.1) is 5.92 Å². The van der Waals surface area contributed by atoms with E-state index in [1.54, 1.807) is 0 Å². The van der Waals surface area contributed by atoms with Crippen LogP contribution in [0.25, 0.3) is 0 Å². The second-order valence-corrected chi connectivity index (χ2v) is 6.33. The Balaban J connectivity index is 1.70. The second-order valence-electron chi connectivity index (χ2n) is 6.33. The van der Waals surface area contributed by atoms with Crippen molar-refractivity contribution in [3.63, 3.8) is 0 Å². The first-order valence-electron chi connectivity index (χ1n) is 7.72. The minimum Gasteiger partial charge on any atom is -0.312 e. The molecule has 2 fully saturated rings. The van der Waals surface area contributed by atoms with Crippen LogP contribution in [0.15, 0.2) is 0 Å². The number of hydrogen-bond acceptors (Lipinski definition) is 2. The van der Waals surface area contributed by atoms with E-state index < -0.39 is 0 Å². The van der Waals surface area contributed by atoms with Crippen molar-refractivity contribution in [2.75, 3.05) is 19.6 Å². The second kappa shape index (κ2) is 6.75. The van der Waals surface area contributed by atoms with E-state index in [4.69, 9.17) is 0 Å². The van der Waals surface area contributed by atoms with Gasteiger partial charge in [0.25, 0.3) is 0 Å². The van der Waals surface area contributed by atoms with Gasteiger partial charge in [-0.15, -0.1) is 0 Å². The van der Waals surface area contributed by atoms with Crippen LogP contribution in [0.2, 0.25) is 0 Å². The summed E-state index contributed by atoms with van der Waals surface area (Å²) in [5.74, 6) is 1.05. The Bertz CT molecular complexity index is 199. The van der Waals surface area contributed by atoms with Gasteiger partial charge in [-0.25, -0.2) is 0 Å². The third-order valence-corrected chi connectivity index (χ3v) is 4.65. The summed E-state index contributed by atoms with van der Waals surface area (Å²) in [6.07, 6.45) is 10.1. The summed E-state index contributed by atoms with van der Waals surface area (Å²) in [7, 11) is 0. The lowest BCUT2D eigenvalue weighted by Crippen LogP contribution is -2.43. The first-order valence-corrected chi connectivity index (χ1v) is 7.72. The average Bonchev–Trinajstić information content (AvgIpc) is 2.78. The van der Waals surface area contributed by atoms with Crippen LogP contribution in [0.5, 0.6) is 0 Å². The fraction of sp³-hybridized carbons (Fsp3) is 1.00. The van der Waals surface area contributed by atoms with Crippen LogP contribution in [0.1, 0.15) is 58.8 Å². The average molecular weight is 238 g/mol. The lowest BCUT2D eigenvalue weighted by Gasteiger charge is -2.31. The third kappa shape index (κ3) is 4.59. The Labute approximate surface area is 107 Å². The minimum absolute atomic E-state index is 0.694. The van der Waals surface area contributed by atoms with Gasteiger partial charge in [0.15, 0.2) is 0 Å². The lowest BCUT2D eigenvalue weighted by molar-refractivity contribution is 0.206. The zero-order valence-corrected chi connectivity index (χ0v) is 11.8. The molecule has 1 N–H and O–H groups in total. The third-order valence-electron chi connectivity index (χ3n) is 4.65. The molecule has 1 saturated carbocycles. The Morgan fingerprint density at radius 1 is 0.941 bits per heavy atom. The molecule has 1 heterocycles. The summed E-state index contributed by atoms with van der Waals surface area (Å²) in [4.78, 5) is 2.71. The molecule has 100 valence electrons. The molecule has 2 unspecified atom stereocenters. The van der Waals surface area contributed by atoms with Gasteiger partial charge in [-0.1, -0.05) is 25.7 Å². The minimum atomic E-state index is 0.694. The molecule has 2 atom stereocenters. The number of nitrogens with one attached hydrogen (secondary N) is 1. The molecule has 1 aliphatic heterocycles. The summed E-state index contributed by atoms with van der Waals surface area (Å²) in [5.41, 5.74) is 0. The van der Waals surface area contributed by atoms with Gasteiger partial charge in [0.1, 0.15) is 0 Å². The molecule has 0 amide bonds. The Kier molecular flexibility index (Phi) is 5.30. The molecule has 0 aromatic carbocycles. The first kappa shape index (κ1) is 13.4. The van der Waals surface area contributed by atoms with Crippen molar-refractivity contribution < 1.29 is 0 Å². The molecule has 2 rings (SSSR count). The van der Waals surface area contributed by atoms with Crippen LogP contribution in [0.3, 0.4) is 0 Å². The summed E-state index contributed by atoms with van der Waals surface area (Å²) in [5, 5.41) is 3.67. The van der Waals surface area contributed by atoms with Gasteiger partial charge in [-0.05, 0) is 58.7 Å². The molecule has 17 heavy (non-hydrogen) atoms. The smallest absolute Gasteiger partial charge is 0.00533 e. The molecule has 1 aliphatic carbocycles. The van der Waals surface area contributed by atoms with E-state index in [1.165, 1.54) is 64.6 Å². The Hall–Kier alpha value is -0.0800. The predicted molar refractivity (Wildman–Crippen MR) is 74.3 cm³/mol. The summed E-state index contributed by atoms with van der Waals surface area (Å²) < 4.78 is 0. The van der Waals surface area contributed by atoms with E-state index in [1.807, 2.05) is 0 Å². The predicted octanol–water partition coefficient (Wildman–Crippen LogP) is 3.03. The molecule has 0 radical (unpaired) electrons. The normalized spacial score (nSPS) is 33.5. The zero-order valence-electron chi connectivity index (χ0n) is 11.8. The highest BCUT2D eigenvalue weighted by Gasteiger charge is 2.19. The maximum atomic E-state index is 3.67. The van der Waals surface area contributed by atoms with Gasteiger partial charge in [0.05, 0.1) is 0 Å². The van der Waals surface area contributed by atoms with Crippen molar-refractivity contribution in [1.82, 2.24) is 10.2 Å². The SMILES string of the molecule is CC1CCN(CCC2CCCC2)CCC(C)N1. The van der Waals surface area contributed by atoms with Crippen molar-refractivity contribution in [3.05, 3.63) is 0 Å². The molecule has 0 spiro atoms. The fourth-order valence-electron chi connectivity index (χ4n) is 3.40. The highest BCUT2D eigenvalue weighted by atomic mass is 15.1. The summed E-state index contributed by atoms with van der Waals surface area (Å²) in [6.45, 7) is 8.61. The topological polar surface area (TPSA) is 15.3 Å². The van der Waals surface area contributed by atoms with Crippen LogP contribution in [0.4, 0.5) is 0 Å².